The molecule has 2 rings (SSSR count). The van der Waals surface area contributed by atoms with Crippen LogP contribution in [0.3, 0.4) is 0 Å². The molecule has 2 aliphatic rings. The molecule has 0 N–H and O–H groups in total. The fourth-order valence-electron chi connectivity index (χ4n) is 3.74. The van der Waals surface area contributed by atoms with Crippen LogP contribution in [-0.4, -0.2) is 24.3 Å². The molecule has 0 unspecified atom stereocenters. The molecule has 4 atom stereocenters. The van der Waals surface area contributed by atoms with Crippen LogP contribution in [0.15, 0.2) is 0 Å². The molecular weight excluding hydrogens is 276 g/mol. The summed E-state index contributed by atoms with van der Waals surface area (Å²) in [6, 6.07) is 0. The minimum atomic E-state index is -0.0908. The summed E-state index contributed by atoms with van der Waals surface area (Å²) in [5, 5.41) is 0. The van der Waals surface area contributed by atoms with E-state index in [1.807, 2.05) is 0 Å². The van der Waals surface area contributed by atoms with Gasteiger partial charge >= 0.3 is 0 Å². The Hall–Kier alpha value is -0.410. The zero-order valence-electron chi connectivity index (χ0n) is 14.7. The van der Waals surface area contributed by atoms with Crippen LogP contribution in [0, 0.1) is 11.8 Å². The summed E-state index contributed by atoms with van der Waals surface area (Å²) in [6.45, 7) is 6.57. The second-order valence-corrected chi connectivity index (χ2v) is 7.53. The normalized spacial score (nSPS) is 33.4. The van der Waals surface area contributed by atoms with Crippen molar-refractivity contribution in [2.75, 3.05) is 0 Å². The molecule has 0 radical (unpaired) electrons. The molecule has 1 saturated carbocycles. The number of hydrogen-bond acceptors (Lipinski definition) is 3. The molecule has 2 fully saturated rings. The van der Waals surface area contributed by atoms with Gasteiger partial charge in [-0.2, -0.15) is 0 Å². The lowest BCUT2D eigenvalue weighted by Crippen LogP contribution is -2.44. The van der Waals surface area contributed by atoms with Gasteiger partial charge in [0.2, 0.25) is 0 Å². The minimum Gasteiger partial charge on any atom is -0.349 e. The Kier molecular flexibility index (Phi) is 7.36. The van der Waals surface area contributed by atoms with Crippen LogP contribution in [-0.2, 0) is 14.3 Å². The molecule has 1 heterocycles. The zero-order chi connectivity index (χ0) is 15.9. The first kappa shape index (κ1) is 17.9. The lowest BCUT2D eigenvalue weighted by atomic mass is 9.81. The zero-order valence-corrected chi connectivity index (χ0v) is 14.7. The van der Waals surface area contributed by atoms with Crippen LogP contribution in [0.2, 0.25) is 0 Å². The smallest absolute Gasteiger partial charge is 0.160 e. The van der Waals surface area contributed by atoms with E-state index in [1.165, 1.54) is 25.7 Å². The Labute approximate surface area is 136 Å². The van der Waals surface area contributed by atoms with Crippen LogP contribution < -0.4 is 0 Å². The van der Waals surface area contributed by atoms with Crippen molar-refractivity contribution in [2.45, 2.75) is 103 Å². The highest BCUT2D eigenvalue weighted by Crippen LogP contribution is 2.35. The van der Waals surface area contributed by atoms with E-state index in [9.17, 15) is 4.79 Å². The van der Waals surface area contributed by atoms with E-state index >= 15 is 0 Å². The van der Waals surface area contributed by atoms with Gasteiger partial charge in [-0.3, -0.25) is 4.79 Å². The van der Waals surface area contributed by atoms with Gasteiger partial charge in [-0.25, -0.2) is 0 Å². The van der Waals surface area contributed by atoms with E-state index in [2.05, 4.69) is 20.8 Å². The monoisotopic (exact) mass is 310 g/mol. The van der Waals surface area contributed by atoms with Crippen molar-refractivity contribution in [2.24, 2.45) is 11.8 Å². The van der Waals surface area contributed by atoms with Gasteiger partial charge in [-0.05, 0) is 25.2 Å². The Bertz CT molecular complexity index is 340. The molecule has 0 bridgehead atoms. The molecule has 1 aliphatic carbocycles. The van der Waals surface area contributed by atoms with Crippen LogP contribution in [0.1, 0.15) is 85.0 Å². The first-order valence-corrected chi connectivity index (χ1v) is 9.42. The third-order valence-electron chi connectivity index (χ3n) is 5.10. The second kappa shape index (κ2) is 9.02. The molecule has 0 aromatic carbocycles. The number of carbonyl (C=O) groups excluding carboxylic acids is 1. The molecule has 3 heteroatoms. The molecule has 3 nitrogen and oxygen atoms in total. The number of rotatable bonds is 7. The molecular formula is C19H34O3. The number of unbranched alkanes of at least 4 members (excludes halogenated alkanes) is 3. The van der Waals surface area contributed by atoms with Crippen molar-refractivity contribution >= 4 is 5.78 Å². The quantitative estimate of drug-likeness (QED) is 0.629. The van der Waals surface area contributed by atoms with Crippen molar-refractivity contribution in [3.8, 4) is 0 Å². The Morgan fingerprint density at radius 1 is 1.18 bits per heavy atom. The summed E-state index contributed by atoms with van der Waals surface area (Å²) >= 11 is 0. The first-order valence-electron chi connectivity index (χ1n) is 9.42. The van der Waals surface area contributed by atoms with Crippen molar-refractivity contribution < 1.29 is 14.3 Å². The third-order valence-corrected chi connectivity index (χ3v) is 5.10. The number of hydrogen-bond donors (Lipinski definition) is 0. The average Bonchev–Trinajstić information content (AvgIpc) is 2.51. The summed E-state index contributed by atoms with van der Waals surface area (Å²) in [7, 11) is 0. The number of ketones is 1. The summed E-state index contributed by atoms with van der Waals surface area (Å²) < 4.78 is 12.4. The van der Waals surface area contributed by atoms with Crippen LogP contribution in [0.25, 0.3) is 0 Å². The van der Waals surface area contributed by atoms with Gasteiger partial charge in [0.15, 0.2) is 6.29 Å². The molecule has 1 saturated heterocycles. The van der Waals surface area contributed by atoms with Gasteiger partial charge in [0.25, 0.3) is 0 Å². The fourth-order valence-corrected chi connectivity index (χ4v) is 3.74. The van der Waals surface area contributed by atoms with Crippen molar-refractivity contribution in [3.63, 3.8) is 0 Å². The highest BCUT2D eigenvalue weighted by Gasteiger charge is 2.37. The van der Waals surface area contributed by atoms with E-state index in [-0.39, 0.29) is 12.4 Å². The standard InChI is InChI=1S/C19H34O3/c1-4-5-6-7-11-17-13-18(22-19(21-17)14(2)3)15-9-8-10-16(20)12-15/h14-15,17-19H,4-13H2,1-3H3/t15-,17+,18-,19+/m1/s1. The van der Waals surface area contributed by atoms with Gasteiger partial charge < -0.3 is 9.47 Å². The van der Waals surface area contributed by atoms with E-state index in [0.29, 0.717) is 23.7 Å². The van der Waals surface area contributed by atoms with E-state index in [4.69, 9.17) is 9.47 Å². The summed E-state index contributed by atoms with van der Waals surface area (Å²) in [6.07, 6.45) is 11.4. The fraction of sp³-hybridized carbons (Fsp3) is 0.947. The van der Waals surface area contributed by atoms with Crippen LogP contribution in [0.5, 0.6) is 0 Å². The topological polar surface area (TPSA) is 35.5 Å². The summed E-state index contributed by atoms with van der Waals surface area (Å²) in [5.74, 6) is 1.22. The van der Waals surface area contributed by atoms with Crippen LogP contribution >= 0.6 is 0 Å². The second-order valence-electron chi connectivity index (χ2n) is 7.53. The highest BCUT2D eigenvalue weighted by molar-refractivity contribution is 5.79. The van der Waals surface area contributed by atoms with Gasteiger partial charge in [-0.15, -0.1) is 0 Å². The molecule has 1 aliphatic heterocycles. The van der Waals surface area contributed by atoms with Gasteiger partial charge in [0.05, 0.1) is 12.2 Å². The molecule has 0 aromatic rings. The highest BCUT2D eigenvalue weighted by atomic mass is 16.7. The van der Waals surface area contributed by atoms with Crippen molar-refractivity contribution in [3.05, 3.63) is 0 Å². The van der Waals surface area contributed by atoms with E-state index in [1.54, 1.807) is 0 Å². The predicted molar refractivity (Wildman–Crippen MR) is 88.7 cm³/mol. The van der Waals surface area contributed by atoms with Crippen molar-refractivity contribution in [1.29, 1.82) is 0 Å². The molecule has 128 valence electrons. The maximum absolute atomic E-state index is 11.8. The summed E-state index contributed by atoms with van der Waals surface area (Å²) in [5.41, 5.74) is 0. The van der Waals surface area contributed by atoms with Gasteiger partial charge in [0.1, 0.15) is 5.78 Å². The Morgan fingerprint density at radius 3 is 2.68 bits per heavy atom. The lowest BCUT2D eigenvalue weighted by Gasteiger charge is -2.41. The largest absolute Gasteiger partial charge is 0.349 e. The first-order chi connectivity index (χ1) is 10.6. The predicted octanol–water partition coefficient (Wildman–Crippen LogP) is 4.87. The molecule has 22 heavy (non-hydrogen) atoms. The maximum atomic E-state index is 11.8. The Morgan fingerprint density at radius 2 is 2.00 bits per heavy atom. The lowest BCUT2D eigenvalue weighted by molar-refractivity contribution is -0.271. The average molecular weight is 310 g/mol. The SMILES string of the molecule is CCCCCC[C@H]1C[C@H]([C@@H]2CCCC(=O)C2)O[C@@H](C(C)C)O1. The number of carbonyl (C=O) groups is 1. The van der Waals surface area contributed by atoms with Crippen LogP contribution in [0.4, 0.5) is 0 Å². The van der Waals surface area contributed by atoms with E-state index in [0.717, 1.165) is 38.5 Å². The maximum Gasteiger partial charge on any atom is 0.160 e. The minimum absolute atomic E-state index is 0.0908. The molecule has 0 aromatic heterocycles. The molecule has 0 amide bonds. The third kappa shape index (κ3) is 5.34. The van der Waals surface area contributed by atoms with Gasteiger partial charge in [0, 0.05) is 25.2 Å². The van der Waals surface area contributed by atoms with Crippen molar-refractivity contribution in [1.82, 2.24) is 0 Å². The number of ether oxygens (including phenoxy) is 2. The summed E-state index contributed by atoms with van der Waals surface area (Å²) in [4.78, 5) is 11.8. The Balaban J connectivity index is 1.89. The number of Topliss-reactive ketones (excluding diaryl/α,β-unsaturated/α-hetero) is 1. The van der Waals surface area contributed by atoms with E-state index < -0.39 is 0 Å². The van der Waals surface area contributed by atoms with Gasteiger partial charge in [-0.1, -0.05) is 46.5 Å². The molecule has 0 spiro atoms.